The number of hydrogen-bond acceptors (Lipinski definition) is 7. The fraction of sp³-hybridized carbons (Fsp3) is 0.538. The normalized spacial score (nSPS) is 18.0. The van der Waals surface area contributed by atoms with Gasteiger partial charge in [-0.1, -0.05) is 6.07 Å². The lowest BCUT2D eigenvalue weighted by Crippen LogP contribution is -2.52. The summed E-state index contributed by atoms with van der Waals surface area (Å²) in [5.41, 5.74) is 2.67. The first-order valence-corrected chi connectivity index (χ1v) is 14.3. The van der Waals surface area contributed by atoms with E-state index in [1.165, 1.54) is 4.90 Å². The number of benzene rings is 1. The number of aromatic nitrogens is 1. The molecule has 8 nitrogen and oxygen atoms in total. The summed E-state index contributed by atoms with van der Waals surface area (Å²) in [7, 11) is -3.31. The van der Waals surface area contributed by atoms with Gasteiger partial charge in [0.05, 0.1) is 17.2 Å². The van der Waals surface area contributed by atoms with E-state index in [0.717, 1.165) is 30.2 Å². The van der Waals surface area contributed by atoms with E-state index in [1.807, 2.05) is 18.2 Å². The number of hydrogen-bond donors (Lipinski definition) is 1. The summed E-state index contributed by atoms with van der Waals surface area (Å²) < 4.78 is 73.3. The fourth-order valence-electron chi connectivity index (χ4n) is 4.71. The molecule has 1 spiro atoms. The van der Waals surface area contributed by atoms with Gasteiger partial charge in [0.15, 0.2) is 15.9 Å². The minimum Gasteiger partial charge on any atom is -0.487 e. The van der Waals surface area contributed by atoms with Crippen molar-refractivity contribution in [2.45, 2.75) is 62.7 Å². The quantitative estimate of drug-likeness (QED) is 0.542. The molecule has 208 valence electrons. The summed E-state index contributed by atoms with van der Waals surface area (Å²) in [5, 5.41) is 8.86. The van der Waals surface area contributed by atoms with Gasteiger partial charge in [-0.15, -0.1) is 0 Å². The van der Waals surface area contributed by atoms with Crippen LogP contribution in [0.4, 0.5) is 18.0 Å². The molecule has 1 unspecified atom stereocenters. The van der Waals surface area contributed by atoms with E-state index in [1.54, 1.807) is 18.3 Å². The van der Waals surface area contributed by atoms with E-state index in [0.29, 0.717) is 30.5 Å². The molecule has 0 aliphatic carbocycles. The second kappa shape index (κ2) is 11.1. The Balaban J connectivity index is 1.36. The predicted octanol–water partition coefficient (Wildman–Crippen LogP) is 4.29. The molecule has 0 saturated carbocycles. The number of sulfone groups is 1. The van der Waals surface area contributed by atoms with Crippen LogP contribution in [-0.2, 0) is 26.7 Å². The highest BCUT2D eigenvalue weighted by molar-refractivity contribution is 7.90. The Morgan fingerprint density at radius 3 is 2.58 bits per heavy atom. The van der Waals surface area contributed by atoms with Gasteiger partial charge in [-0.2, -0.15) is 13.2 Å². The van der Waals surface area contributed by atoms with Crippen molar-refractivity contribution in [1.29, 1.82) is 0 Å². The van der Waals surface area contributed by atoms with Gasteiger partial charge in [0.2, 0.25) is 0 Å². The molecule has 38 heavy (non-hydrogen) atoms. The van der Waals surface area contributed by atoms with Crippen LogP contribution in [0.3, 0.4) is 0 Å². The zero-order chi connectivity index (χ0) is 27.6. The van der Waals surface area contributed by atoms with Crippen molar-refractivity contribution in [3.63, 3.8) is 0 Å². The summed E-state index contributed by atoms with van der Waals surface area (Å²) in [6, 6.07) is 9.25. The number of pyridine rings is 1. The number of piperidine rings is 1. The first kappa shape index (κ1) is 28.2. The number of alkyl halides is 3. The topological polar surface area (TPSA) is 106 Å². The zero-order valence-electron chi connectivity index (χ0n) is 21.0. The van der Waals surface area contributed by atoms with Gasteiger partial charge in [0.1, 0.15) is 11.4 Å². The van der Waals surface area contributed by atoms with Crippen molar-refractivity contribution in [1.82, 2.24) is 9.88 Å². The smallest absolute Gasteiger partial charge is 0.425 e. The number of carbonyl (C=O) groups is 1. The number of aliphatic hydroxyl groups excluding tert-OH is 1. The molecular weight excluding hydrogens is 525 g/mol. The Bertz CT molecular complexity index is 1240. The molecule has 2 aromatic rings. The molecule has 0 bridgehead atoms. The number of carbonyl (C=O) groups excluding carboxylic acids is 1. The highest BCUT2D eigenvalue weighted by Crippen LogP contribution is 2.41. The molecular formula is C26H31F3N2O6S. The van der Waals surface area contributed by atoms with E-state index in [-0.39, 0.29) is 37.6 Å². The lowest BCUT2D eigenvalue weighted by molar-refractivity contribution is -0.200. The van der Waals surface area contributed by atoms with Crippen LogP contribution in [0.5, 0.6) is 5.75 Å². The van der Waals surface area contributed by atoms with E-state index in [9.17, 15) is 26.4 Å². The molecule has 1 N–H and O–H groups in total. The molecule has 3 heterocycles. The Kier molecular flexibility index (Phi) is 8.22. The number of aliphatic hydroxyl groups is 1. The summed E-state index contributed by atoms with van der Waals surface area (Å²) in [6.45, 7) is 1.15. The second-order valence-electron chi connectivity index (χ2n) is 9.88. The monoisotopic (exact) mass is 556 g/mol. The second-order valence-corrected chi connectivity index (χ2v) is 12.1. The lowest BCUT2D eigenvalue weighted by atomic mass is 9.83. The molecule has 1 amide bonds. The minimum atomic E-state index is -4.60. The SMILES string of the molecule is CC(OC(=O)N1CCC2(CCc3cc(-c4ccc(CS(=O)(=O)CCCO)cn4)ccc3O2)CC1)C(F)(F)F. The molecule has 1 saturated heterocycles. The van der Waals surface area contributed by atoms with Crippen molar-refractivity contribution in [2.24, 2.45) is 0 Å². The third-order valence-corrected chi connectivity index (χ3v) is 8.71. The molecule has 12 heteroatoms. The van der Waals surface area contributed by atoms with Gasteiger partial charge in [0.25, 0.3) is 0 Å². The van der Waals surface area contributed by atoms with Crippen LogP contribution in [0.25, 0.3) is 11.3 Å². The van der Waals surface area contributed by atoms with Gasteiger partial charge in [-0.3, -0.25) is 4.98 Å². The summed E-state index contributed by atoms with van der Waals surface area (Å²) in [4.78, 5) is 17.9. The summed E-state index contributed by atoms with van der Waals surface area (Å²) >= 11 is 0. The number of amides is 1. The standard InChI is InChI=1S/C26H31F3N2O6S/c1-18(26(27,28)29)36-24(33)31-11-9-25(10-12-31)8-7-21-15-20(4-6-23(21)37-25)22-5-3-19(16-30-22)17-38(34,35)14-2-13-32/h3-6,15-16,18,32H,2,7-14,17H2,1H3. The van der Waals surface area contributed by atoms with Gasteiger partial charge in [-0.25, -0.2) is 13.2 Å². The maximum absolute atomic E-state index is 12.7. The largest absolute Gasteiger partial charge is 0.487 e. The molecule has 1 atom stereocenters. The van der Waals surface area contributed by atoms with Gasteiger partial charge < -0.3 is 19.5 Å². The molecule has 0 radical (unpaired) electrons. The Morgan fingerprint density at radius 1 is 1.21 bits per heavy atom. The highest BCUT2D eigenvalue weighted by Gasteiger charge is 2.43. The van der Waals surface area contributed by atoms with Crippen LogP contribution < -0.4 is 4.74 Å². The van der Waals surface area contributed by atoms with Crippen molar-refractivity contribution < 1.29 is 41.0 Å². The third-order valence-electron chi connectivity index (χ3n) is 7.03. The number of halogens is 3. The van der Waals surface area contributed by atoms with Crippen molar-refractivity contribution in [2.75, 3.05) is 25.4 Å². The molecule has 1 fully saturated rings. The molecule has 2 aliphatic heterocycles. The number of fused-ring (bicyclic) bond motifs is 1. The zero-order valence-corrected chi connectivity index (χ0v) is 21.9. The predicted molar refractivity (Wildman–Crippen MR) is 133 cm³/mol. The highest BCUT2D eigenvalue weighted by atomic mass is 32.2. The number of rotatable bonds is 7. The average molecular weight is 557 g/mol. The van der Waals surface area contributed by atoms with Crippen molar-refractivity contribution >= 4 is 15.9 Å². The van der Waals surface area contributed by atoms with Crippen molar-refractivity contribution in [3.05, 3.63) is 47.7 Å². The maximum atomic E-state index is 12.7. The maximum Gasteiger partial charge on any atom is 0.425 e. The van der Waals surface area contributed by atoms with E-state index in [2.05, 4.69) is 9.72 Å². The number of nitrogens with zero attached hydrogens (tertiary/aromatic N) is 2. The van der Waals surface area contributed by atoms with E-state index in [4.69, 9.17) is 9.84 Å². The van der Waals surface area contributed by atoms with Crippen LogP contribution in [0.1, 0.15) is 43.7 Å². The molecule has 1 aromatic heterocycles. The van der Waals surface area contributed by atoms with Gasteiger partial charge >= 0.3 is 12.3 Å². The van der Waals surface area contributed by atoms with Crippen molar-refractivity contribution in [3.8, 4) is 17.0 Å². The first-order chi connectivity index (χ1) is 17.9. The van der Waals surface area contributed by atoms with Crippen LogP contribution in [0.2, 0.25) is 0 Å². The van der Waals surface area contributed by atoms with E-state index < -0.39 is 33.8 Å². The first-order valence-electron chi connectivity index (χ1n) is 12.5. The Labute approximate surface area is 219 Å². The minimum absolute atomic E-state index is 0.0725. The summed E-state index contributed by atoms with van der Waals surface area (Å²) in [5.74, 6) is 0.529. The van der Waals surface area contributed by atoms with Gasteiger partial charge in [0, 0.05) is 44.3 Å². The van der Waals surface area contributed by atoms with Crippen LogP contribution in [0.15, 0.2) is 36.5 Å². The number of ether oxygens (including phenoxy) is 2. The van der Waals surface area contributed by atoms with Crippen LogP contribution in [-0.4, -0.2) is 72.8 Å². The van der Waals surface area contributed by atoms with E-state index >= 15 is 0 Å². The Hall–Kier alpha value is -2.86. The molecule has 1 aromatic carbocycles. The van der Waals surface area contributed by atoms with Crippen LogP contribution in [0, 0.1) is 0 Å². The number of aryl methyl sites for hydroxylation is 1. The number of likely N-dealkylation sites (tertiary alicyclic amines) is 1. The molecule has 4 rings (SSSR count). The van der Waals surface area contributed by atoms with Gasteiger partial charge in [-0.05, 0) is 61.6 Å². The van der Waals surface area contributed by atoms with Crippen LogP contribution >= 0.6 is 0 Å². The summed E-state index contributed by atoms with van der Waals surface area (Å²) in [6.07, 6.45) is -3.53. The molecule has 2 aliphatic rings. The lowest BCUT2D eigenvalue weighted by Gasteiger charge is -2.44. The third kappa shape index (κ3) is 6.76. The fourth-order valence-corrected chi connectivity index (χ4v) is 6.11. The Morgan fingerprint density at radius 2 is 1.95 bits per heavy atom. The average Bonchev–Trinajstić information content (AvgIpc) is 2.87.